The van der Waals surface area contributed by atoms with E-state index in [2.05, 4.69) is 23.6 Å². The number of carboxylic acid groups (broad SMARTS) is 1. The number of carbonyl (C=O) groups is 2. The number of amides is 1. The van der Waals surface area contributed by atoms with Crippen molar-refractivity contribution >= 4 is 11.9 Å². The number of hydrogen-bond acceptors (Lipinski definition) is 6. The van der Waals surface area contributed by atoms with Crippen molar-refractivity contribution in [3.63, 3.8) is 0 Å². The van der Waals surface area contributed by atoms with Gasteiger partial charge in [-0.05, 0) is 73.4 Å². The Bertz CT molecular complexity index is 1430. The lowest BCUT2D eigenvalue weighted by Crippen LogP contribution is -2.56. The van der Waals surface area contributed by atoms with Crippen LogP contribution in [0, 0.1) is 5.82 Å². The second kappa shape index (κ2) is 13.7. The van der Waals surface area contributed by atoms with Crippen LogP contribution in [-0.2, 0) is 11.3 Å². The van der Waals surface area contributed by atoms with E-state index in [9.17, 15) is 24.2 Å². The van der Waals surface area contributed by atoms with E-state index in [1.54, 1.807) is 24.3 Å². The third kappa shape index (κ3) is 7.60. The predicted octanol–water partition coefficient (Wildman–Crippen LogP) is 4.45. The van der Waals surface area contributed by atoms with E-state index in [-0.39, 0.29) is 42.1 Å². The van der Waals surface area contributed by atoms with E-state index >= 15 is 0 Å². The summed E-state index contributed by atoms with van der Waals surface area (Å²) >= 11 is 0. The number of phenolic OH excluding ortho intramolecular Hbond substituents is 1. The van der Waals surface area contributed by atoms with Crippen LogP contribution >= 0.6 is 0 Å². The number of halogens is 1. The van der Waals surface area contributed by atoms with Gasteiger partial charge >= 0.3 is 5.97 Å². The van der Waals surface area contributed by atoms with Gasteiger partial charge in [0.05, 0.1) is 12.6 Å². The summed E-state index contributed by atoms with van der Waals surface area (Å²) in [5.41, 5.74) is 3.46. The van der Waals surface area contributed by atoms with Crippen molar-refractivity contribution in [3.8, 4) is 5.75 Å². The largest absolute Gasteiger partial charge is 0.508 e. The minimum Gasteiger partial charge on any atom is -0.508 e. The number of phenols is 1. The van der Waals surface area contributed by atoms with E-state index < -0.39 is 5.97 Å². The highest BCUT2D eigenvalue weighted by atomic mass is 19.1. The summed E-state index contributed by atoms with van der Waals surface area (Å²) < 4.78 is 13.9. The molecule has 8 nitrogen and oxygen atoms in total. The lowest BCUT2D eigenvalue weighted by Gasteiger charge is -2.47. The normalized spacial score (nSPS) is 21.3. The topological polar surface area (TPSA) is 87.6 Å². The molecule has 3 aromatic carbocycles. The highest BCUT2D eigenvalue weighted by molar-refractivity contribution is 5.94. The molecular weight excluding hydrogens is 547 g/mol. The van der Waals surface area contributed by atoms with E-state index in [1.165, 1.54) is 6.07 Å². The molecule has 2 aliphatic rings. The zero-order chi connectivity index (χ0) is 30.5. The van der Waals surface area contributed by atoms with Crippen LogP contribution in [0.2, 0.25) is 0 Å². The first-order valence-corrected chi connectivity index (χ1v) is 15.0. The summed E-state index contributed by atoms with van der Waals surface area (Å²) in [4.78, 5) is 33.4. The third-order valence-corrected chi connectivity index (χ3v) is 8.64. The lowest BCUT2D eigenvalue weighted by atomic mass is 9.92. The van der Waals surface area contributed by atoms with Crippen molar-refractivity contribution in [1.29, 1.82) is 0 Å². The molecule has 2 saturated heterocycles. The number of piperazine rings is 1. The van der Waals surface area contributed by atoms with Gasteiger partial charge in [0.15, 0.2) is 0 Å². The summed E-state index contributed by atoms with van der Waals surface area (Å²) in [7, 11) is 0. The number of carbonyl (C=O) groups excluding carboxylic acids is 1. The molecule has 3 aromatic rings. The molecule has 9 heteroatoms. The van der Waals surface area contributed by atoms with Gasteiger partial charge in [-0.25, -0.2) is 4.39 Å². The molecule has 2 N–H and O–H groups in total. The molecule has 0 radical (unpaired) electrons. The number of rotatable bonds is 8. The van der Waals surface area contributed by atoms with Crippen LogP contribution < -0.4 is 0 Å². The van der Waals surface area contributed by atoms with Gasteiger partial charge in [-0.2, -0.15) is 0 Å². The van der Waals surface area contributed by atoms with Crippen molar-refractivity contribution in [2.45, 2.75) is 44.9 Å². The lowest BCUT2D eigenvalue weighted by molar-refractivity contribution is -0.138. The molecule has 228 valence electrons. The molecule has 5 rings (SSSR count). The van der Waals surface area contributed by atoms with Gasteiger partial charge in [-0.3, -0.25) is 24.3 Å². The summed E-state index contributed by atoms with van der Waals surface area (Å²) in [5, 5.41) is 19.6. The Labute approximate surface area is 252 Å². The predicted molar refractivity (Wildman–Crippen MR) is 163 cm³/mol. The first-order chi connectivity index (χ1) is 20.7. The molecule has 1 amide bonds. The SMILES string of the molecule is C[C@@H]1CN(C(c2cccc(O)c2)c2cccc(C(=O)N3CCCN(CC(=O)O)CC3)c2)[C@@H](C)CN1Cc1cccc(F)c1. The maximum absolute atomic E-state index is 13.9. The minimum atomic E-state index is -0.858. The van der Waals surface area contributed by atoms with E-state index in [0.717, 1.165) is 36.2 Å². The zero-order valence-electron chi connectivity index (χ0n) is 24.9. The molecule has 2 aliphatic heterocycles. The molecule has 3 atom stereocenters. The molecule has 2 heterocycles. The smallest absolute Gasteiger partial charge is 0.317 e. The van der Waals surface area contributed by atoms with Gasteiger partial charge in [0.1, 0.15) is 11.6 Å². The number of aromatic hydroxyl groups is 1. The van der Waals surface area contributed by atoms with Crippen LogP contribution in [0.25, 0.3) is 0 Å². The third-order valence-electron chi connectivity index (χ3n) is 8.64. The summed E-state index contributed by atoms with van der Waals surface area (Å²) in [5.74, 6) is -0.956. The summed E-state index contributed by atoms with van der Waals surface area (Å²) in [6, 6.07) is 22.0. The van der Waals surface area contributed by atoms with Gasteiger partial charge in [-0.15, -0.1) is 0 Å². The zero-order valence-corrected chi connectivity index (χ0v) is 24.9. The van der Waals surface area contributed by atoms with Crippen LogP contribution in [0.1, 0.15) is 53.4 Å². The van der Waals surface area contributed by atoms with Crippen molar-refractivity contribution in [3.05, 3.63) is 101 Å². The summed E-state index contributed by atoms with van der Waals surface area (Å²) in [6.45, 7) is 8.79. The first kappa shape index (κ1) is 30.7. The van der Waals surface area contributed by atoms with Gasteiger partial charge in [-0.1, -0.05) is 36.4 Å². The molecule has 43 heavy (non-hydrogen) atoms. The molecular formula is C34H41FN4O4. The van der Waals surface area contributed by atoms with E-state index in [4.69, 9.17) is 0 Å². The fraction of sp³-hybridized carbons (Fsp3) is 0.412. The summed E-state index contributed by atoms with van der Waals surface area (Å²) in [6.07, 6.45) is 0.722. The quantitative estimate of drug-likeness (QED) is 0.402. The minimum absolute atomic E-state index is 0.0186. The molecule has 0 aromatic heterocycles. The average molecular weight is 589 g/mol. The fourth-order valence-corrected chi connectivity index (χ4v) is 6.49. The van der Waals surface area contributed by atoms with Crippen LogP contribution in [0.3, 0.4) is 0 Å². The number of hydrogen-bond donors (Lipinski definition) is 2. The Kier molecular flexibility index (Phi) is 9.75. The Morgan fingerprint density at radius 3 is 2.37 bits per heavy atom. The van der Waals surface area contributed by atoms with Crippen molar-refractivity contribution in [2.24, 2.45) is 0 Å². The van der Waals surface area contributed by atoms with Crippen molar-refractivity contribution < 1.29 is 24.2 Å². The average Bonchev–Trinajstić information content (AvgIpc) is 3.20. The molecule has 0 bridgehead atoms. The van der Waals surface area contributed by atoms with E-state index in [1.807, 2.05) is 52.3 Å². The monoisotopic (exact) mass is 588 g/mol. The van der Waals surface area contributed by atoms with Crippen LogP contribution in [0.5, 0.6) is 5.75 Å². The Balaban J connectivity index is 1.39. The highest BCUT2D eigenvalue weighted by Gasteiger charge is 2.35. The molecule has 0 spiro atoms. The Morgan fingerprint density at radius 2 is 1.63 bits per heavy atom. The number of benzene rings is 3. The Hall–Kier alpha value is -3.79. The number of aliphatic carboxylic acids is 1. The van der Waals surface area contributed by atoms with Crippen molar-refractivity contribution in [1.82, 2.24) is 19.6 Å². The highest BCUT2D eigenvalue weighted by Crippen LogP contribution is 2.35. The standard InChI is InChI=1S/C34H41FN4O4/c1-24-21-39(25(2)20-38(24)22-26-7-3-11-30(35)17-26)33(28-9-5-12-31(40)19-28)27-8-4-10-29(18-27)34(43)37-14-6-13-36(15-16-37)23-32(41)42/h3-5,7-12,17-19,24-25,33,40H,6,13-16,20-23H2,1-2H3,(H,41,42)/t24-,25+,33?/m1/s1. The van der Waals surface area contributed by atoms with Crippen LogP contribution in [0.15, 0.2) is 72.8 Å². The maximum Gasteiger partial charge on any atom is 0.317 e. The van der Waals surface area contributed by atoms with Gasteiger partial charge in [0.2, 0.25) is 0 Å². The van der Waals surface area contributed by atoms with Crippen LogP contribution in [-0.4, -0.2) is 99.6 Å². The maximum atomic E-state index is 13.9. The second-order valence-corrected chi connectivity index (χ2v) is 11.9. The number of carboxylic acids is 1. The van der Waals surface area contributed by atoms with E-state index in [0.29, 0.717) is 38.3 Å². The van der Waals surface area contributed by atoms with Gasteiger partial charge < -0.3 is 15.1 Å². The fourth-order valence-electron chi connectivity index (χ4n) is 6.49. The first-order valence-electron chi connectivity index (χ1n) is 15.0. The molecule has 0 saturated carbocycles. The van der Waals surface area contributed by atoms with Gasteiger partial charge in [0.25, 0.3) is 5.91 Å². The Morgan fingerprint density at radius 1 is 0.884 bits per heavy atom. The van der Waals surface area contributed by atoms with Gasteiger partial charge in [0, 0.05) is 63.5 Å². The second-order valence-electron chi connectivity index (χ2n) is 11.9. The van der Waals surface area contributed by atoms with Crippen molar-refractivity contribution in [2.75, 3.05) is 45.8 Å². The molecule has 2 fully saturated rings. The van der Waals surface area contributed by atoms with Crippen LogP contribution in [0.4, 0.5) is 4.39 Å². The molecule has 1 unspecified atom stereocenters. The molecule has 0 aliphatic carbocycles. The number of nitrogens with zero attached hydrogens (tertiary/aromatic N) is 4.